The number of aliphatic hydroxyl groups is 1. The van der Waals surface area contributed by atoms with Crippen LogP contribution in [0.4, 0.5) is 0 Å². The van der Waals surface area contributed by atoms with Crippen LogP contribution < -0.4 is 0 Å². The van der Waals surface area contributed by atoms with Crippen molar-refractivity contribution in [2.45, 2.75) is 45.0 Å². The molecule has 1 unspecified atom stereocenters. The number of aliphatic hydroxyl groups excluding tert-OH is 1. The molecule has 1 aromatic rings. The van der Waals surface area contributed by atoms with Gasteiger partial charge in [0, 0.05) is 38.5 Å². The molecule has 2 aliphatic rings. The Labute approximate surface area is 130 Å². The van der Waals surface area contributed by atoms with Gasteiger partial charge in [0.15, 0.2) is 0 Å². The molecular weight excluding hydrogens is 286 g/mol. The normalized spacial score (nSPS) is 27.8. The highest BCUT2D eigenvalue weighted by Gasteiger charge is 2.40. The number of carboxylic acid groups (broad SMARTS) is 1. The molecule has 3 atom stereocenters. The lowest BCUT2D eigenvalue weighted by atomic mass is 10.1. The zero-order valence-electron chi connectivity index (χ0n) is 13.0. The van der Waals surface area contributed by atoms with Crippen LogP contribution in [0.15, 0.2) is 12.3 Å². The second-order valence-corrected chi connectivity index (χ2v) is 5.74. The van der Waals surface area contributed by atoms with E-state index in [9.17, 15) is 5.11 Å². The zero-order chi connectivity index (χ0) is 15.9. The Hall–Kier alpha value is -1.44. The monoisotopic (exact) mass is 311 g/mol. The van der Waals surface area contributed by atoms with E-state index in [-0.39, 0.29) is 13.1 Å². The Bertz CT molecular complexity index is 465. The van der Waals surface area contributed by atoms with E-state index in [1.54, 1.807) is 0 Å². The van der Waals surface area contributed by atoms with Gasteiger partial charge in [-0.1, -0.05) is 0 Å². The van der Waals surface area contributed by atoms with E-state index < -0.39 is 0 Å². The SMILES string of the molecule is CCn1ccc(CN2CCOC3C[C@H](CO)C[C@@H]32)n1.O=CO. The first-order valence-corrected chi connectivity index (χ1v) is 7.78. The van der Waals surface area contributed by atoms with Gasteiger partial charge in [0.25, 0.3) is 6.47 Å². The van der Waals surface area contributed by atoms with Crippen LogP contribution in [0.25, 0.3) is 0 Å². The highest BCUT2D eigenvalue weighted by Crippen LogP contribution is 2.34. The van der Waals surface area contributed by atoms with Gasteiger partial charge in [-0.2, -0.15) is 5.10 Å². The molecule has 7 heteroatoms. The van der Waals surface area contributed by atoms with Crippen LogP contribution in [0.5, 0.6) is 0 Å². The summed E-state index contributed by atoms with van der Waals surface area (Å²) in [5.41, 5.74) is 1.13. The van der Waals surface area contributed by atoms with Crippen molar-refractivity contribution < 1.29 is 19.7 Å². The second kappa shape index (κ2) is 8.26. The van der Waals surface area contributed by atoms with Crippen molar-refractivity contribution >= 4 is 6.47 Å². The molecule has 22 heavy (non-hydrogen) atoms. The van der Waals surface area contributed by atoms with Crippen LogP contribution in [0.2, 0.25) is 0 Å². The smallest absolute Gasteiger partial charge is 0.290 e. The second-order valence-electron chi connectivity index (χ2n) is 5.74. The molecule has 0 radical (unpaired) electrons. The quantitative estimate of drug-likeness (QED) is 0.791. The maximum atomic E-state index is 9.33. The number of morpholine rings is 1. The zero-order valence-corrected chi connectivity index (χ0v) is 13.0. The molecular formula is C15H25N3O4. The van der Waals surface area contributed by atoms with Crippen molar-refractivity contribution in [2.24, 2.45) is 5.92 Å². The van der Waals surface area contributed by atoms with E-state index in [1.807, 2.05) is 10.9 Å². The summed E-state index contributed by atoms with van der Waals surface area (Å²) in [6.45, 7) is 5.72. The van der Waals surface area contributed by atoms with Gasteiger partial charge in [0.1, 0.15) is 0 Å². The van der Waals surface area contributed by atoms with Crippen molar-refractivity contribution in [3.63, 3.8) is 0 Å². The van der Waals surface area contributed by atoms with Crippen molar-refractivity contribution in [1.29, 1.82) is 0 Å². The summed E-state index contributed by atoms with van der Waals surface area (Å²) in [5, 5.41) is 20.8. The molecule has 1 saturated heterocycles. The first-order chi connectivity index (χ1) is 10.7. The number of fused-ring (bicyclic) bond motifs is 1. The van der Waals surface area contributed by atoms with E-state index in [2.05, 4.69) is 23.0 Å². The minimum Gasteiger partial charge on any atom is -0.483 e. The third kappa shape index (κ3) is 4.06. The summed E-state index contributed by atoms with van der Waals surface area (Å²) in [7, 11) is 0. The Kier molecular flexibility index (Phi) is 6.35. The van der Waals surface area contributed by atoms with Crippen molar-refractivity contribution in [2.75, 3.05) is 19.8 Å². The molecule has 0 bridgehead atoms. The number of aromatic nitrogens is 2. The number of hydrogen-bond acceptors (Lipinski definition) is 5. The van der Waals surface area contributed by atoms with E-state index in [0.717, 1.165) is 44.8 Å². The number of carbonyl (C=O) groups is 1. The predicted molar refractivity (Wildman–Crippen MR) is 80.3 cm³/mol. The molecule has 124 valence electrons. The topological polar surface area (TPSA) is 87.8 Å². The predicted octanol–water partition coefficient (Wildman–Crippen LogP) is 0.576. The number of aryl methyl sites for hydroxylation is 1. The number of ether oxygens (including phenoxy) is 1. The van der Waals surface area contributed by atoms with Crippen LogP contribution >= 0.6 is 0 Å². The van der Waals surface area contributed by atoms with Crippen LogP contribution in [0.3, 0.4) is 0 Å². The van der Waals surface area contributed by atoms with E-state index in [1.165, 1.54) is 0 Å². The first kappa shape index (κ1) is 16.9. The third-order valence-electron chi connectivity index (χ3n) is 4.39. The Morgan fingerprint density at radius 3 is 2.91 bits per heavy atom. The molecule has 1 aliphatic carbocycles. The van der Waals surface area contributed by atoms with Crippen LogP contribution in [0, 0.1) is 5.92 Å². The maximum Gasteiger partial charge on any atom is 0.290 e. The third-order valence-corrected chi connectivity index (χ3v) is 4.39. The van der Waals surface area contributed by atoms with Crippen molar-refractivity contribution in [3.8, 4) is 0 Å². The molecule has 1 saturated carbocycles. The van der Waals surface area contributed by atoms with Crippen molar-refractivity contribution in [1.82, 2.24) is 14.7 Å². The highest BCUT2D eigenvalue weighted by molar-refractivity contribution is 5.32. The van der Waals surface area contributed by atoms with E-state index >= 15 is 0 Å². The van der Waals surface area contributed by atoms with Crippen LogP contribution in [-0.4, -0.2) is 63.3 Å². The van der Waals surface area contributed by atoms with Crippen LogP contribution in [0.1, 0.15) is 25.5 Å². The molecule has 0 spiro atoms. The standard InChI is InChI=1S/C14H23N3O2.CH2O2/c1-2-17-4-3-12(15-17)9-16-5-6-19-14-8-11(10-18)7-13(14)16;2-1-3/h3-4,11,13-14,18H,2,5-10H2,1H3;1H,(H,2,3)/t11-,13+,14?;/m1./s1. The van der Waals surface area contributed by atoms with Crippen molar-refractivity contribution in [3.05, 3.63) is 18.0 Å². The lowest BCUT2D eigenvalue weighted by molar-refractivity contribution is -0.122. The fourth-order valence-corrected chi connectivity index (χ4v) is 3.34. The van der Waals surface area contributed by atoms with Crippen LogP contribution in [-0.2, 0) is 22.6 Å². The minimum absolute atomic E-state index is 0.250. The Balaban J connectivity index is 0.000000545. The van der Waals surface area contributed by atoms with Gasteiger partial charge < -0.3 is 14.9 Å². The van der Waals surface area contributed by atoms with Gasteiger partial charge in [-0.25, -0.2) is 0 Å². The summed E-state index contributed by atoms with van der Waals surface area (Å²) >= 11 is 0. The van der Waals surface area contributed by atoms with E-state index in [0.29, 0.717) is 18.1 Å². The lowest BCUT2D eigenvalue weighted by Crippen LogP contribution is -2.47. The fraction of sp³-hybridized carbons (Fsp3) is 0.733. The molecule has 1 aliphatic heterocycles. The maximum absolute atomic E-state index is 9.33. The van der Waals surface area contributed by atoms with Gasteiger partial charge in [0.05, 0.1) is 18.4 Å². The summed E-state index contributed by atoms with van der Waals surface area (Å²) in [4.78, 5) is 10.8. The summed E-state index contributed by atoms with van der Waals surface area (Å²) < 4.78 is 7.82. The lowest BCUT2D eigenvalue weighted by Gasteiger charge is -2.37. The average Bonchev–Trinajstić information content (AvgIpc) is 3.14. The largest absolute Gasteiger partial charge is 0.483 e. The summed E-state index contributed by atoms with van der Waals surface area (Å²) in [6.07, 6.45) is 4.40. The molecule has 3 rings (SSSR count). The van der Waals surface area contributed by atoms with Gasteiger partial charge in [-0.15, -0.1) is 0 Å². The highest BCUT2D eigenvalue weighted by atomic mass is 16.5. The average molecular weight is 311 g/mol. The van der Waals surface area contributed by atoms with Gasteiger partial charge in [-0.3, -0.25) is 14.4 Å². The Morgan fingerprint density at radius 2 is 2.27 bits per heavy atom. The molecule has 1 aromatic heterocycles. The minimum atomic E-state index is -0.250. The fourth-order valence-electron chi connectivity index (χ4n) is 3.34. The summed E-state index contributed by atoms with van der Waals surface area (Å²) in [6, 6.07) is 2.56. The molecule has 2 heterocycles. The number of nitrogens with zero attached hydrogens (tertiary/aromatic N) is 3. The molecule has 7 nitrogen and oxygen atoms in total. The number of hydrogen-bond donors (Lipinski definition) is 2. The summed E-state index contributed by atoms with van der Waals surface area (Å²) in [5.74, 6) is 0.406. The number of rotatable bonds is 4. The van der Waals surface area contributed by atoms with E-state index in [4.69, 9.17) is 14.6 Å². The Morgan fingerprint density at radius 1 is 1.50 bits per heavy atom. The molecule has 2 fully saturated rings. The van der Waals surface area contributed by atoms with Gasteiger partial charge in [-0.05, 0) is 31.7 Å². The molecule has 2 N–H and O–H groups in total. The first-order valence-electron chi connectivity index (χ1n) is 7.78. The molecule has 0 aromatic carbocycles. The molecule has 0 amide bonds. The van der Waals surface area contributed by atoms with Gasteiger partial charge >= 0.3 is 0 Å². The van der Waals surface area contributed by atoms with Gasteiger partial charge in [0.2, 0.25) is 0 Å².